The second-order valence-electron chi connectivity index (χ2n) is 6.90. The number of carbonyl (C=O) groups excluding carboxylic acids is 1. The highest BCUT2D eigenvalue weighted by atomic mass is 16.3. The van der Waals surface area contributed by atoms with Crippen molar-refractivity contribution in [3.05, 3.63) is 29.8 Å². The Labute approximate surface area is 131 Å². The molecule has 0 saturated carbocycles. The average molecular weight is 301 g/mol. The molecule has 1 aliphatic rings. The third kappa shape index (κ3) is 3.77. The van der Waals surface area contributed by atoms with Gasteiger partial charge in [0.1, 0.15) is 0 Å². The number of aliphatic hydroxyl groups is 1. The molecule has 1 aliphatic heterocycles. The number of nitrogens with one attached hydrogen (secondary N) is 1. The first-order chi connectivity index (χ1) is 10.3. The highest BCUT2D eigenvalue weighted by Gasteiger charge is 2.36. The monoisotopic (exact) mass is 301 g/mol. The van der Waals surface area contributed by atoms with E-state index in [2.05, 4.69) is 26.1 Å². The Kier molecular flexibility index (Phi) is 4.72. The van der Waals surface area contributed by atoms with Gasteiger partial charge in [0.2, 0.25) is 0 Å². The van der Waals surface area contributed by atoms with Gasteiger partial charge >= 0.3 is 6.03 Å². The van der Waals surface area contributed by atoms with Crippen molar-refractivity contribution < 1.29 is 9.90 Å². The van der Waals surface area contributed by atoms with Crippen LogP contribution in [0.2, 0.25) is 0 Å². The van der Waals surface area contributed by atoms with E-state index in [1.54, 1.807) is 29.2 Å². The Hall–Kier alpha value is -2.06. The summed E-state index contributed by atoms with van der Waals surface area (Å²) in [6.07, 6.45) is 0.279. The largest absolute Gasteiger partial charge is 0.391 e. The topological polar surface area (TPSA) is 76.4 Å². The van der Waals surface area contributed by atoms with Crippen LogP contribution in [0.5, 0.6) is 0 Å². The number of nitrogens with zero attached hydrogens (tertiary/aromatic N) is 2. The number of piperidine rings is 1. The van der Waals surface area contributed by atoms with E-state index in [-0.39, 0.29) is 17.4 Å². The molecule has 118 valence electrons. The first kappa shape index (κ1) is 16.3. The summed E-state index contributed by atoms with van der Waals surface area (Å²) < 4.78 is 0. The van der Waals surface area contributed by atoms with Crippen molar-refractivity contribution in [2.75, 3.05) is 18.4 Å². The summed E-state index contributed by atoms with van der Waals surface area (Å²) >= 11 is 0. The normalized spacial score (nSPS) is 22.0. The van der Waals surface area contributed by atoms with Gasteiger partial charge in [-0.15, -0.1) is 0 Å². The molecule has 0 aliphatic carbocycles. The summed E-state index contributed by atoms with van der Waals surface area (Å²) in [6.45, 7) is 7.31. The van der Waals surface area contributed by atoms with Crippen molar-refractivity contribution in [3.8, 4) is 6.07 Å². The molecule has 1 heterocycles. The van der Waals surface area contributed by atoms with Gasteiger partial charge in [-0.05, 0) is 36.0 Å². The van der Waals surface area contributed by atoms with Gasteiger partial charge in [-0.25, -0.2) is 4.79 Å². The minimum absolute atomic E-state index is 0.0309. The van der Waals surface area contributed by atoms with E-state index in [0.717, 1.165) is 6.42 Å². The molecule has 2 amide bonds. The fourth-order valence-corrected chi connectivity index (χ4v) is 3.00. The third-order valence-electron chi connectivity index (χ3n) is 4.22. The molecule has 22 heavy (non-hydrogen) atoms. The Bertz CT molecular complexity index is 586. The van der Waals surface area contributed by atoms with Crippen LogP contribution in [0.3, 0.4) is 0 Å². The van der Waals surface area contributed by atoms with E-state index in [4.69, 9.17) is 5.26 Å². The number of amides is 2. The number of rotatable bonds is 1. The number of likely N-dealkylation sites (tertiary alicyclic amines) is 1. The second kappa shape index (κ2) is 6.37. The quantitative estimate of drug-likeness (QED) is 0.837. The number of urea groups is 1. The van der Waals surface area contributed by atoms with Crippen LogP contribution >= 0.6 is 0 Å². The van der Waals surface area contributed by atoms with Gasteiger partial charge in [0.15, 0.2) is 0 Å². The van der Waals surface area contributed by atoms with Gasteiger partial charge < -0.3 is 15.3 Å². The molecule has 0 aromatic heterocycles. The second-order valence-corrected chi connectivity index (χ2v) is 6.90. The van der Waals surface area contributed by atoms with Crippen LogP contribution < -0.4 is 5.32 Å². The fraction of sp³-hybridized carbons (Fsp3) is 0.529. The Morgan fingerprint density at radius 3 is 2.77 bits per heavy atom. The molecule has 2 N–H and O–H groups in total. The van der Waals surface area contributed by atoms with E-state index in [0.29, 0.717) is 24.3 Å². The standard InChI is InChI=1S/C17H23N3O2/c1-17(2,3)14-7-8-20(11-15(14)21)16(22)19-13-6-4-5-12(9-13)10-18/h4-6,9,14-15,21H,7-8,11H2,1-3H3,(H,19,22)/t14-,15+/m0/s1. The van der Waals surface area contributed by atoms with E-state index < -0.39 is 6.10 Å². The van der Waals surface area contributed by atoms with Crippen molar-refractivity contribution in [1.29, 1.82) is 5.26 Å². The number of aliphatic hydroxyl groups excluding tert-OH is 1. The molecule has 1 aromatic carbocycles. The van der Waals surface area contributed by atoms with Crippen LogP contribution in [0.25, 0.3) is 0 Å². The average Bonchev–Trinajstić information content (AvgIpc) is 2.46. The molecule has 0 spiro atoms. The maximum Gasteiger partial charge on any atom is 0.321 e. The number of benzene rings is 1. The molecule has 1 aromatic rings. The molecule has 0 unspecified atom stereocenters. The van der Waals surface area contributed by atoms with Gasteiger partial charge in [-0.1, -0.05) is 26.8 Å². The van der Waals surface area contributed by atoms with E-state index >= 15 is 0 Å². The summed E-state index contributed by atoms with van der Waals surface area (Å²) in [7, 11) is 0. The zero-order valence-electron chi connectivity index (χ0n) is 13.3. The van der Waals surface area contributed by atoms with Crippen molar-refractivity contribution in [2.24, 2.45) is 11.3 Å². The number of β-amino-alcohol motifs (C(OH)–C–C–N with tert-alkyl or cyclic N) is 1. The van der Waals surface area contributed by atoms with Crippen molar-refractivity contribution in [2.45, 2.75) is 33.3 Å². The predicted molar refractivity (Wildman–Crippen MR) is 85.3 cm³/mol. The maximum absolute atomic E-state index is 12.3. The van der Waals surface area contributed by atoms with Gasteiger partial charge in [0.05, 0.1) is 17.7 Å². The number of carbonyl (C=O) groups is 1. The number of hydrogen-bond acceptors (Lipinski definition) is 3. The third-order valence-corrected chi connectivity index (χ3v) is 4.22. The first-order valence-corrected chi connectivity index (χ1v) is 7.55. The lowest BCUT2D eigenvalue weighted by Crippen LogP contribution is -2.51. The lowest BCUT2D eigenvalue weighted by atomic mass is 9.74. The Morgan fingerprint density at radius 2 is 2.18 bits per heavy atom. The van der Waals surface area contributed by atoms with Gasteiger partial charge in [0.25, 0.3) is 0 Å². The Balaban J connectivity index is 1.99. The summed E-state index contributed by atoms with van der Waals surface area (Å²) in [4.78, 5) is 13.9. The molecule has 0 radical (unpaired) electrons. The molecule has 5 heteroatoms. The Morgan fingerprint density at radius 1 is 1.45 bits per heavy atom. The van der Waals surface area contributed by atoms with Crippen LogP contribution in [0.1, 0.15) is 32.8 Å². The zero-order chi connectivity index (χ0) is 16.3. The van der Waals surface area contributed by atoms with Crippen LogP contribution in [0.15, 0.2) is 24.3 Å². The maximum atomic E-state index is 12.3. The smallest absolute Gasteiger partial charge is 0.321 e. The molecule has 1 saturated heterocycles. The van der Waals surface area contributed by atoms with Crippen molar-refractivity contribution in [3.63, 3.8) is 0 Å². The molecular weight excluding hydrogens is 278 g/mol. The zero-order valence-corrected chi connectivity index (χ0v) is 13.3. The summed E-state index contributed by atoms with van der Waals surface area (Å²) in [6, 6.07) is 8.61. The van der Waals surface area contributed by atoms with Crippen LogP contribution in [0, 0.1) is 22.7 Å². The number of anilines is 1. The molecular formula is C17H23N3O2. The lowest BCUT2D eigenvalue weighted by Gasteiger charge is -2.42. The van der Waals surface area contributed by atoms with Crippen LogP contribution in [0.4, 0.5) is 10.5 Å². The first-order valence-electron chi connectivity index (χ1n) is 7.55. The number of hydrogen-bond donors (Lipinski definition) is 2. The molecule has 0 bridgehead atoms. The molecule has 5 nitrogen and oxygen atoms in total. The van der Waals surface area contributed by atoms with Crippen molar-refractivity contribution >= 4 is 11.7 Å². The minimum atomic E-state index is -0.509. The van der Waals surface area contributed by atoms with Gasteiger partial charge in [-0.3, -0.25) is 0 Å². The van der Waals surface area contributed by atoms with E-state index in [1.807, 2.05) is 6.07 Å². The van der Waals surface area contributed by atoms with Crippen LogP contribution in [-0.2, 0) is 0 Å². The van der Waals surface area contributed by atoms with E-state index in [1.165, 1.54) is 0 Å². The number of nitriles is 1. The summed E-state index contributed by atoms with van der Waals surface area (Å²) in [5, 5.41) is 22.0. The van der Waals surface area contributed by atoms with Crippen molar-refractivity contribution in [1.82, 2.24) is 4.90 Å². The minimum Gasteiger partial charge on any atom is -0.391 e. The SMILES string of the molecule is CC(C)(C)[C@H]1CCN(C(=O)Nc2cccc(C#N)c2)C[C@H]1O. The van der Waals surface area contributed by atoms with E-state index in [9.17, 15) is 9.90 Å². The summed E-state index contributed by atoms with van der Waals surface area (Å²) in [5.41, 5.74) is 1.13. The molecule has 2 atom stereocenters. The van der Waals surface area contributed by atoms with Gasteiger partial charge in [0, 0.05) is 18.8 Å². The highest BCUT2D eigenvalue weighted by molar-refractivity contribution is 5.89. The van der Waals surface area contributed by atoms with Gasteiger partial charge in [-0.2, -0.15) is 5.26 Å². The predicted octanol–water partition coefficient (Wildman–Crippen LogP) is 2.82. The molecule has 1 fully saturated rings. The molecule has 2 rings (SSSR count). The lowest BCUT2D eigenvalue weighted by molar-refractivity contribution is -0.0107. The van der Waals surface area contributed by atoms with Crippen LogP contribution in [-0.4, -0.2) is 35.2 Å². The highest BCUT2D eigenvalue weighted by Crippen LogP contribution is 2.34. The fourth-order valence-electron chi connectivity index (χ4n) is 3.00. The summed E-state index contributed by atoms with van der Waals surface area (Å²) in [5.74, 6) is 0.193.